The summed E-state index contributed by atoms with van der Waals surface area (Å²) in [6.45, 7) is 4.17. The van der Waals surface area contributed by atoms with E-state index >= 15 is 0 Å². The van der Waals surface area contributed by atoms with E-state index < -0.39 is 0 Å². The van der Waals surface area contributed by atoms with Gasteiger partial charge in [-0.1, -0.05) is 0 Å². The highest BCUT2D eigenvalue weighted by Crippen LogP contribution is 2.34. The van der Waals surface area contributed by atoms with Crippen molar-refractivity contribution in [1.29, 1.82) is 0 Å². The summed E-state index contributed by atoms with van der Waals surface area (Å²) in [5, 5.41) is 14.7. The maximum absolute atomic E-state index is 4.62. The molecule has 0 aromatic carbocycles. The number of hydrogen-bond donors (Lipinski definition) is 4. The van der Waals surface area contributed by atoms with Crippen LogP contribution in [0, 0.1) is 12.8 Å². The van der Waals surface area contributed by atoms with Crippen LogP contribution in [0.4, 0.5) is 17.6 Å². The number of nitrogens with one attached hydrogen (secondary N) is 4. The van der Waals surface area contributed by atoms with Gasteiger partial charge in [0, 0.05) is 24.0 Å². The topological polar surface area (TPSA) is 94.3 Å². The fourth-order valence-electron chi connectivity index (χ4n) is 2.63. The molecule has 1 fully saturated rings. The van der Waals surface area contributed by atoms with Crippen LogP contribution < -0.4 is 10.6 Å². The lowest BCUT2D eigenvalue weighted by Gasteiger charge is -2.15. The third-order valence-corrected chi connectivity index (χ3v) is 4.06. The number of anilines is 3. The van der Waals surface area contributed by atoms with Gasteiger partial charge in [-0.05, 0) is 38.7 Å². The van der Waals surface area contributed by atoms with Crippen molar-refractivity contribution in [2.45, 2.75) is 32.7 Å². The predicted molar refractivity (Wildman–Crippen MR) is 86.3 cm³/mol. The SMILES string of the molecule is Cc1cc(Nc2nc(N[C@H](C)C3CC3)c3cc[nH]c3n2)n[nH]1. The number of aromatic nitrogens is 5. The zero-order valence-electron chi connectivity index (χ0n) is 12.6. The average molecular weight is 297 g/mol. The Morgan fingerprint density at radius 3 is 2.91 bits per heavy atom. The van der Waals surface area contributed by atoms with Crippen LogP contribution in [-0.4, -0.2) is 31.2 Å². The van der Waals surface area contributed by atoms with Gasteiger partial charge in [0.25, 0.3) is 0 Å². The first-order valence-electron chi connectivity index (χ1n) is 7.60. The minimum absolute atomic E-state index is 0.425. The second kappa shape index (κ2) is 5.01. The van der Waals surface area contributed by atoms with E-state index in [0.29, 0.717) is 17.8 Å². The molecule has 3 aromatic heterocycles. The number of aromatic amines is 2. The van der Waals surface area contributed by atoms with Crippen molar-refractivity contribution >= 4 is 28.6 Å². The molecule has 0 unspecified atom stereocenters. The summed E-state index contributed by atoms with van der Waals surface area (Å²) in [5.74, 6) is 2.87. The van der Waals surface area contributed by atoms with Crippen LogP contribution in [0.5, 0.6) is 0 Å². The van der Waals surface area contributed by atoms with E-state index in [9.17, 15) is 0 Å². The number of hydrogen-bond acceptors (Lipinski definition) is 5. The van der Waals surface area contributed by atoms with Gasteiger partial charge >= 0.3 is 0 Å². The number of fused-ring (bicyclic) bond motifs is 1. The number of rotatable bonds is 5. The monoisotopic (exact) mass is 297 g/mol. The van der Waals surface area contributed by atoms with Crippen molar-refractivity contribution in [3.63, 3.8) is 0 Å². The van der Waals surface area contributed by atoms with Crippen LogP contribution in [0.25, 0.3) is 11.0 Å². The summed E-state index contributed by atoms with van der Waals surface area (Å²) in [6.07, 6.45) is 4.48. The van der Waals surface area contributed by atoms with Crippen molar-refractivity contribution in [3.05, 3.63) is 24.0 Å². The quantitative estimate of drug-likeness (QED) is 0.581. The molecule has 3 aromatic rings. The van der Waals surface area contributed by atoms with Crippen molar-refractivity contribution < 1.29 is 0 Å². The third-order valence-electron chi connectivity index (χ3n) is 4.06. The number of aryl methyl sites for hydroxylation is 1. The first-order valence-corrected chi connectivity index (χ1v) is 7.60. The fourth-order valence-corrected chi connectivity index (χ4v) is 2.63. The zero-order valence-corrected chi connectivity index (χ0v) is 12.6. The highest BCUT2D eigenvalue weighted by molar-refractivity contribution is 5.88. The standard InChI is InChI=1S/C15H19N7/c1-8-7-12(22-21-8)18-15-19-13-11(5-6-16-13)14(20-15)17-9(2)10-3-4-10/h5-7,9-10H,3-4H2,1-2H3,(H4,16,17,18,19,20,21,22)/t9-/m1/s1. The Kier molecular flexibility index (Phi) is 2.99. The van der Waals surface area contributed by atoms with E-state index in [4.69, 9.17) is 0 Å². The highest BCUT2D eigenvalue weighted by Gasteiger charge is 2.28. The molecule has 1 saturated carbocycles. The maximum Gasteiger partial charge on any atom is 0.232 e. The Hall–Kier alpha value is -2.57. The Bertz CT molecular complexity index is 799. The van der Waals surface area contributed by atoms with Gasteiger partial charge in [-0.3, -0.25) is 5.10 Å². The fraction of sp³-hybridized carbons (Fsp3) is 0.400. The highest BCUT2D eigenvalue weighted by atomic mass is 15.2. The molecule has 0 saturated heterocycles. The van der Waals surface area contributed by atoms with Crippen LogP contribution in [0.2, 0.25) is 0 Å². The molecule has 114 valence electrons. The van der Waals surface area contributed by atoms with Gasteiger partial charge in [-0.15, -0.1) is 0 Å². The molecule has 0 spiro atoms. The van der Waals surface area contributed by atoms with Gasteiger partial charge in [0.15, 0.2) is 5.82 Å². The molecule has 7 heteroatoms. The maximum atomic E-state index is 4.62. The molecule has 0 bridgehead atoms. The number of nitrogens with zero attached hydrogens (tertiary/aromatic N) is 3. The zero-order chi connectivity index (χ0) is 15.1. The molecule has 7 nitrogen and oxygen atoms in total. The van der Waals surface area contributed by atoms with Gasteiger partial charge in [0.1, 0.15) is 11.5 Å². The molecule has 0 amide bonds. The molecule has 0 radical (unpaired) electrons. The van der Waals surface area contributed by atoms with E-state index in [2.05, 4.69) is 42.7 Å². The Morgan fingerprint density at radius 1 is 1.32 bits per heavy atom. The van der Waals surface area contributed by atoms with Crippen molar-refractivity contribution in [1.82, 2.24) is 25.1 Å². The van der Waals surface area contributed by atoms with E-state index in [-0.39, 0.29) is 0 Å². The van der Waals surface area contributed by atoms with Crippen molar-refractivity contribution in [3.8, 4) is 0 Å². The molecule has 0 aliphatic heterocycles. The molecule has 1 atom stereocenters. The van der Waals surface area contributed by atoms with Crippen LogP contribution in [-0.2, 0) is 0 Å². The summed E-state index contributed by atoms with van der Waals surface area (Å²) in [4.78, 5) is 12.3. The summed E-state index contributed by atoms with van der Waals surface area (Å²) >= 11 is 0. The van der Waals surface area contributed by atoms with Gasteiger partial charge in [0.2, 0.25) is 5.95 Å². The molecule has 4 N–H and O–H groups in total. The first-order chi connectivity index (χ1) is 10.7. The predicted octanol–water partition coefficient (Wildman–Crippen LogP) is 2.94. The lowest BCUT2D eigenvalue weighted by molar-refractivity contribution is 0.691. The van der Waals surface area contributed by atoms with Crippen LogP contribution in [0.3, 0.4) is 0 Å². The van der Waals surface area contributed by atoms with E-state index in [1.807, 2.05) is 25.3 Å². The van der Waals surface area contributed by atoms with Crippen LogP contribution in [0.1, 0.15) is 25.5 Å². The van der Waals surface area contributed by atoms with Crippen molar-refractivity contribution in [2.75, 3.05) is 10.6 Å². The van der Waals surface area contributed by atoms with Gasteiger partial charge in [-0.2, -0.15) is 15.1 Å². The molecular weight excluding hydrogens is 278 g/mol. The summed E-state index contributed by atoms with van der Waals surface area (Å²) in [6, 6.07) is 4.34. The Morgan fingerprint density at radius 2 is 2.18 bits per heavy atom. The molecule has 1 aliphatic carbocycles. The van der Waals surface area contributed by atoms with E-state index in [1.165, 1.54) is 12.8 Å². The molecule has 22 heavy (non-hydrogen) atoms. The van der Waals surface area contributed by atoms with Gasteiger partial charge in [0.05, 0.1) is 5.39 Å². The average Bonchev–Trinajstić information content (AvgIpc) is 3.11. The molecule has 4 rings (SSSR count). The van der Waals surface area contributed by atoms with Gasteiger partial charge < -0.3 is 15.6 Å². The minimum atomic E-state index is 0.425. The minimum Gasteiger partial charge on any atom is -0.367 e. The smallest absolute Gasteiger partial charge is 0.232 e. The normalized spacial score (nSPS) is 15.9. The third kappa shape index (κ3) is 2.49. The summed E-state index contributed by atoms with van der Waals surface area (Å²) in [5.41, 5.74) is 1.81. The van der Waals surface area contributed by atoms with Crippen molar-refractivity contribution in [2.24, 2.45) is 5.92 Å². The van der Waals surface area contributed by atoms with E-state index in [1.54, 1.807) is 0 Å². The van der Waals surface area contributed by atoms with E-state index in [0.717, 1.165) is 28.5 Å². The largest absolute Gasteiger partial charge is 0.367 e. The lowest BCUT2D eigenvalue weighted by atomic mass is 10.2. The molecule has 1 aliphatic rings. The summed E-state index contributed by atoms with van der Waals surface area (Å²) < 4.78 is 0. The first kappa shape index (κ1) is 13.1. The molecular formula is C15H19N7. The van der Waals surface area contributed by atoms with Crippen LogP contribution in [0.15, 0.2) is 18.3 Å². The Labute approximate surface area is 127 Å². The second-order valence-electron chi connectivity index (χ2n) is 5.97. The summed E-state index contributed by atoms with van der Waals surface area (Å²) in [7, 11) is 0. The lowest BCUT2D eigenvalue weighted by Crippen LogP contribution is -2.18. The Balaban J connectivity index is 1.66. The van der Waals surface area contributed by atoms with Gasteiger partial charge in [-0.25, -0.2) is 0 Å². The van der Waals surface area contributed by atoms with Crippen LogP contribution >= 0.6 is 0 Å². The number of H-pyrrole nitrogens is 2. The second-order valence-corrected chi connectivity index (χ2v) is 5.97. The molecule has 3 heterocycles.